The number of rotatable bonds is 4. The lowest BCUT2D eigenvalue weighted by Crippen LogP contribution is -2.03. The summed E-state index contributed by atoms with van der Waals surface area (Å²) in [6, 6.07) is 7.35. The van der Waals surface area contributed by atoms with E-state index in [9.17, 15) is 0 Å². The SMILES string of the molecule is CCNc1nc(Nc2cc(C)ccc2Cl)c(Cl)cc1Cl. The molecule has 0 radical (unpaired) electrons. The maximum atomic E-state index is 6.16. The summed E-state index contributed by atoms with van der Waals surface area (Å²) in [6.45, 7) is 4.68. The molecule has 0 saturated carbocycles. The van der Waals surface area contributed by atoms with E-state index in [1.807, 2.05) is 32.0 Å². The molecule has 106 valence electrons. The average Bonchev–Trinajstić information content (AvgIpc) is 2.39. The van der Waals surface area contributed by atoms with Crippen molar-refractivity contribution in [3.05, 3.63) is 44.9 Å². The van der Waals surface area contributed by atoms with Crippen molar-refractivity contribution in [2.24, 2.45) is 0 Å². The summed E-state index contributed by atoms with van der Waals surface area (Å²) in [5.41, 5.74) is 1.85. The van der Waals surface area contributed by atoms with Gasteiger partial charge in [0.1, 0.15) is 5.82 Å². The minimum atomic E-state index is 0.439. The molecule has 3 nitrogen and oxygen atoms in total. The quantitative estimate of drug-likeness (QED) is 0.774. The molecule has 0 fully saturated rings. The van der Waals surface area contributed by atoms with E-state index in [0.29, 0.717) is 26.7 Å². The van der Waals surface area contributed by atoms with Crippen LogP contribution >= 0.6 is 34.8 Å². The Morgan fingerprint density at radius 2 is 1.70 bits per heavy atom. The van der Waals surface area contributed by atoms with Crippen LogP contribution in [-0.2, 0) is 0 Å². The number of nitrogens with zero attached hydrogens (tertiary/aromatic N) is 1. The predicted molar refractivity (Wildman–Crippen MR) is 87.9 cm³/mol. The Balaban J connectivity index is 2.37. The third-order valence-electron chi connectivity index (χ3n) is 2.65. The summed E-state index contributed by atoms with van der Waals surface area (Å²) in [7, 11) is 0. The van der Waals surface area contributed by atoms with Gasteiger partial charge in [0.05, 0.1) is 20.8 Å². The van der Waals surface area contributed by atoms with Gasteiger partial charge in [0.25, 0.3) is 0 Å². The van der Waals surface area contributed by atoms with Gasteiger partial charge in [0, 0.05) is 6.54 Å². The minimum absolute atomic E-state index is 0.439. The molecule has 0 atom stereocenters. The Bertz CT molecular complexity index is 629. The largest absolute Gasteiger partial charge is 0.369 e. The van der Waals surface area contributed by atoms with Crippen LogP contribution in [0.2, 0.25) is 15.1 Å². The zero-order valence-electron chi connectivity index (χ0n) is 11.1. The normalized spacial score (nSPS) is 10.4. The monoisotopic (exact) mass is 329 g/mol. The van der Waals surface area contributed by atoms with E-state index >= 15 is 0 Å². The van der Waals surface area contributed by atoms with Crippen LogP contribution in [0.5, 0.6) is 0 Å². The number of pyridine rings is 1. The van der Waals surface area contributed by atoms with Crippen LogP contribution < -0.4 is 10.6 Å². The first-order valence-electron chi connectivity index (χ1n) is 6.14. The number of aryl methyl sites for hydroxylation is 1. The average molecular weight is 331 g/mol. The van der Waals surface area contributed by atoms with Crippen LogP contribution in [0.3, 0.4) is 0 Å². The van der Waals surface area contributed by atoms with Gasteiger partial charge in [-0.2, -0.15) is 0 Å². The van der Waals surface area contributed by atoms with Gasteiger partial charge >= 0.3 is 0 Å². The fourth-order valence-electron chi connectivity index (χ4n) is 1.71. The highest BCUT2D eigenvalue weighted by atomic mass is 35.5. The molecule has 6 heteroatoms. The van der Waals surface area contributed by atoms with Crippen LogP contribution in [0.15, 0.2) is 24.3 Å². The maximum Gasteiger partial charge on any atom is 0.151 e. The first kappa shape index (κ1) is 15.2. The van der Waals surface area contributed by atoms with Crippen LogP contribution in [0.25, 0.3) is 0 Å². The van der Waals surface area contributed by atoms with Crippen LogP contribution in [0, 0.1) is 6.92 Å². The number of hydrogen-bond donors (Lipinski definition) is 2. The highest BCUT2D eigenvalue weighted by Gasteiger charge is 2.10. The van der Waals surface area contributed by atoms with E-state index in [1.54, 1.807) is 6.07 Å². The highest BCUT2D eigenvalue weighted by Crippen LogP contribution is 2.33. The van der Waals surface area contributed by atoms with Gasteiger partial charge in [0.15, 0.2) is 5.82 Å². The number of aromatic nitrogens is 1. The van der Waals surface area contributed by atoms with Crippen molar-refractivity contribution in [3.8, 4) is 0 Å². The molecule has 0 saturated heterocycles. The number of anilines is 3. The van der Waals surface area contributed by atoms with E-state index in [2.05, 4.69) is 15.6 Å². The molecule has 2 aromatic rings. The summed E-state index contributed by atoms with van der Waals surface area (Å²) in [5.74, 6) is 1.10. The Kier molecular flexibility index (Phi) is 4.97. The number of halogens is 3. The Morgan fingerprint density at radius 1 is 1.00 bits per heavy atom. The second-order valence-electron chi connectivity index (χ2n) is 4.29. The van der Waals surface area contributed by atoms with Gasteiger partial charge in [0.2, 0.25) is 0 Å². The Labute approximate surface area is 133 Å². The summed E-state index contributed by atoms with van der Waals surface area (Å²) >= 11 is 18.4. The lowest BCUT2D eigenvalue weighted by Gasteiger charge is -2.13. The molecular weight excluding hydrogens is 317 g/mol. The van der Waals surface area contributed by atoms with Crippen molar-refractivity contribution in [1.82, 2.24) is 4.98 Å². The fraction of sp³-hybridized carbons (Fsp3) is 0.214. The lowest BCUT2D eigenvalue weighted by atomic mass is 10.2. The molecule has 0 amide bonds. The molecule has 1 aromatic heterocycles. The van der Waals surface area contributed by atoms with Crippen molar-refractivity contribution in [3.63, 3.8) is 0 Å². The standard InChI is InChI=1S/C14H14Cl3N3/c1-3-18-13-10(16)7-11(17)14(20-13)19-12-6-8(2)4-5-9(12)15/h4-7H,3H2,1-2H3,(H2,18,19,20). The predicted octanol–water partition coefficient (Wildman–Crippen LogP) is 5.53. The van der Waals surface area contributed by atoms with Gasteiger partial charge in [-0.05, 0) is 37.6 Å². The number of benzene rings is 1. The molecule has 0 bridgehead atoms. The maximum absolute atomic E-state index is 6.16. The van der Waals surface area contributed by atoms with Crippen LogP contribution in [-0.4, -0.2) is 11.5 Å². The topological polar surface area (TPSA) is 37.0 Å². The summed E-state index contributed by atoms with van der Waals surface area (Å²) in [5, 5.41) is 7.74. The third kappa shape index (κ3) is 3.48. The summed E-state index contributed by atoms with van der Waals surface area (Å²) in [6.07, 6.45) is 0. The van der Waals surface area contributed by atoms with E-state index in [1.165, 1.54) is 0 Å². The van der Waals surface area contributed by atoms with Crippen molar-refractivity contribution >= 4 is 52.1 Å². The van der Waals surface area contributed by atoms with E-state index in [-0.39, 0.29) is 0 Å². The highest BCUT2D eigenvalue weighted by molar-refractivity contribution is 6.37. The van der Waals surface area contributed by atoms with E-state index < -0.39 is 0 Å². The van der Waals surface area contributed by atoms with Gasteiger partial charge in [-0.25, -0.2) is 4.98 Å². The summed E-state index contributed by atoms with van der Waals surface area (Å²) in [4.78, 5) is 4.38. The second-order valence-corrected chi connectivity index (χ2v) is 5.51. The Hall–Kier alpha value is -1.16. The molecule has 1 heterocycles. The van der Waals surface area contributed by atoms with Crippen molar-refractivity contribution in [2.75, 3.05) is 17.2 Å². The zero-order valence-corrected chi connectivity index (χ0v) is 13.4. The second kappa shape index (κ2) is 6.53. The smallest absolute Gasteiger partial charge is 0.151 e. The van der Waals surface area contributed by atoms with Crippen LogP contribution in [0.1, 0.15) is 12.5 Å². The molecular formula is C14H14Cl3N3. The van der Waals surface area contributed by atoms with Crippen molar-refractivity contribution < 1.29 is 0 Å². The molecule has 2 rings (SSSR count). The van der Waals surface area contributed by atoms with Crippen molar-refractivity contribution in [2.45, 2.75) is 13.8 Å². The molecule has 2 N–H and O–H groups in total. The molecule has 0 unspecified atom stereocenters. The third-order valence-corrected chi connectivity index (χ3v) is 3.55. The molecule has 1 aromatic carbocycles. The Morgan fingerprint density at radius 3 is 2.40 bits per heavy atom. The number of hydrogen-bond acceptors (Lipinski definition) is 3. The van der Waals surface area contributed by atoms with Crippen molar-refractivity contribution in [1.29, 1.82) is 0 Å². The fourth-order valence-corrected chi connectivity index (χ4v) is 2.35. The first-order valence-corrected chi connectivity index (χ1v) is 7.27. The van der Waals surface area contributed by atoms with Gasteiger partial charge in [-0.1, -0.05) is 40.9 Å². The molecule has 0 aliphatic heterocycles. The van der Waals surface area contributed by atoms with E-state index in [4.69, 9.17) is 34.8 Å². The molecule has 20 heavy (non-hydrogen) atoms. The first-order chi connectivity index (χ1) is 9.51. The van der Waals surface area contributed by atoms with Gasteiger partial charge in [-0.3, -0.25) is 0 Å². The van der Waals surface area contributed by atoms with Gasteiger partial charge < -0.3 is 10.6 Å². The van der Waals surface area contributed by atoms with Gasteiger partial charge in [-0.15, -0.1) is 0 Å². The van der Waals surface area contributed by atoms with Crippen LogP contribution in [0.4, 0.5) is 17.3 Å². The molecule has 0 aliphatic rings. The lowest BCUT2D eigenvalue weighted by molar-refractivity contribution is 1.16. The van der Waals surface area contributed by atoms with E-state index in [0.717, 1.165) is 17.8 Å². The zero-order chi connectivity index (χ0) is 14.7. The molecule has 0 aliphatic carbocycles. The summed E-state index contributed by atoms with van der Waals surface area (Å²) < 4.78 is 0. The number of nitrogens with one attached hydrogen (secondary N) is 2. The molecule has 0 spiro atoms. The minimum Gasteiger partial charge on any atom is -0.369 e.